The van der Waals surface area contributed by atoms with Crippen LogP contribution in [-0.4, -0.2) is 36.1 Å². The summed E-state index contributed by atoms with van der Waals surface area (Å²) < 4.78 is 5.63. The molecule has 0 radical (unpaired) electrons. The molecule has 1 unspecified atom stereocenters. The van der Waals surface area contributed by atoms with Gasteiger partial charge in [0, 0.05) is 24.3 Å². The van der Waals surface area contributed by atoms with Gasteiger partial charge in [0.15, 0.2) is 5.96 Å². The van der Waals surface area contributed by atoms with E-state index in [1.807, 2.05) is 30.0 Å². The van der Waals surface area contributed by atoms with Crippen molar-refractivity contribution in [2.24, 2.45) is 4.99 Å². The summed E-state index contributed by atoms with van der Waals surface area (Å²) in [5.41, 5.74) is 0. The molecule has 1 fully saturated rings. The lowest BCUT2D eigenvalue weighted by molar-refractivity contribution is 0.506. The van der Waals surface area contributed by atoms with Crippen molar-refractivity contribution in [3.63, 3.8) is 0 Å². The molecule has 2 heterocycles. The van der Waals surface area contributed by atoms with Gasteiger partial charge in [0.2, 0.25) is 0 Å². The van der Waals surface area contributed by atoms with Gasteiger partial charge in [-0.25, -0.2) is 0 Å². The van der Waals surface area contributed by atoms with Crippen LogP contribution in [-0.2, 0) is 6.42 Å². The van der Waals surface area contributed by atoms with E-state index in [2.05, 4.69) is 24.1 Å². The maximum absolute atomic E-state index is 5.33. The Morgan fingerprint density at radius 2 is 2.41 bits per heavy atom. The molecule has 1 aromatic rings. The Labute approximate surface area is 154 Å². The summed E-state index contributed by atoms with van der Waals surface area (Å²) >= 11 is 2.03. The molecule has 4 nitrogen and oxygen atoms in total. The van der Waals surface area contributed by atoms with Crippen molar-refractivity contribution in [2.45, 2.75) is 30.9 Å². The van der Waals surface area contributed by atoms with Crippen LogP contribution in [0.2, 0.25) is 0 Å². The van der Waals surface area contributed by atoms with Gasteiger partial charge in [-0.05, 0) is 37.7 Å². The summed E-state index contributed by atoms with van der Waals surface area (Å²) in [6, 6.07) is 3.91. The van der Waals surface area contributed by atoms with E-state index in [9.17, 15) is 0 Å². The van der Waals surface area contributed by atoms with Crippen LogP contribution in [0.1, 0.15) is 25.5 Å². The van der Waals surface area contributed by atoms with Gasteiger partial charge >= 0.3 is 0 Å². The van der Waals surface area contributed by atoms with E-state index in [0.29, 0.717) is 4.75 Å². The van der Waals surface area contributed by atoms with Gasteiger partial charge < -0.3 is 15.1 Å². The van der Waals surface area contributed by atoms with Crippen molar-refractivity contribution >= 4 is 41.7 Å². The lowest BCUT2D eigenvalue weighted by Crippen LogP contribution is -2.39. The Hall–Kier alpha value is -0.630. The summed E-state index contributed by atoms with van der Waals surface area (Å²) in [4.78, 5) is 4.73. The van der Waals surface area contributed by atoms with Gasteiger partial charge in [0.05, 0.1) is 12.8 Å². The summed E-state index contributed by atoms with van der Waals surface area (Å²) in [6.45, 7) is 8.42. The van der Waals surface area contributed by atoms with Crippen molar-refractivity contribution in [3.05, 3.63) is 36.8 Å². The normalized spacial score (nSPS) is 21.2. The van der Waals surface area contributed by atoms with Gasteiger partial charge in [-0.2, -0.15) is 11.8 Å². The number of guanidine groups is 1. The lowest BCUT2D eigenvalue weighted by Gasteiger charge is -2.21. The molecule has 1 saturated heterocycles. The zero-order chi connectivity index (χ0) is 15.0. The second-order valence-corrected chi connectivity index (χ2v) is 7.17. The Bertz CT molecular complexity index is 456. The van der Waals surface area contributed by atoms with E-state index in [-0.39, 0.29) is 24.0 Å². The molecule has 0 aliphatic carbocycles. The van der Waals surface area contributed by atoms with E-state index in [1.165, 1.54) is 18.6 Å². The average Bonchev–Trinajstić information content (AvgIpc) is 3.13. The van der Waals surface area contributed by atoms with Crippen molar-refractivity contribution in [1.29, 1.82) is 0 Å². The Kier molecular flexibility index (Phi) is 9.00. The summed E-state index contributed by atoms with van der Waals surface area (Å²) in [7, 11) is 0. The van der Waals surface area contributed by atoms with E-state index in [1.54, 1.807) is 6.26 Å². The van der Waals surface area contributed by atoms with Gasteiger partial charge in [0.1, 0.15) is 5.76 Å². The van der Waals surface area contributed by atoms with Crippen LogP contribution in [0.3, 0.4) is 0 Å². The molecular weight excluding hydrogens is 409 g/mol. The highest BCUT2D eigenvalue weighted by Gasteiger charge is 2.29. The van der Waals surface area contributed by atoms with Crippen LogP contribution >= 0.6 is 35.7 Å². The van der Waals surface area contributed by atoms with Crippen LogP contribution in [0.15, 0.2) is 40.5 Å². The highest BCUT2D eigenvalue weighted by atomic mass is 127. The third kappa shape index (κ3) is 6.64. The lowest BCUT2D eigenvalue weighted by atomic mass is 10.1. The molecule has 22 heavy (non-hydrogen) atoms. The van der Waals surface area contributed by atoms with Crippen molar-refractivity contribution in [3.8, 4) is 0 Å². The highest BCUT2D eigenvalue weighted by molar-refractivity contribution is 14.0. The van der Waals surface area contributed by atoms with Crippen LogP contribution < -0.4 is 10.6 Å². The molecule has 2 rings (SSSR count). The largest absolute Gasteiger partial charge is 0.469 e. The fourth-order valence-corrected chi connectivity index (χ4v) is 3.54. The Balaban J connectivity index is 0.00000242. The molecule has 0 amide bonds. The van der Waals surface area contributed by atoms with Crippen LogP contribution in [0.4, 0.5) is 0 Å². The van der Waals surface area contributed by atoms with Gasteiger partial charge in [-0.1, -0.05) is 6.08 Å². The number of furan rings is 1. The van der Waals surface area contributed by atoms with E-state index >= 15 is 0 Å². The summed E-state index contributed by atoms with van der Waals surface area (Å²) in [5.74, 6) is 3.10. The summed E-state index contributed by atoms with van der Waals surface area (Å²) in [6.07, 6.45) is 6.96. The number of hydrogen-bond acceptors (Lipinski definition) is 3. The number of thioether (sulfide) groups is 1. The van der Waals surface area contributed by atoms with Gasteiger partial charge in [-0.15, -0.1) is 30.6 Å². The number of halogens is 1. The molecule has 1 atom stereocenters. The molecule has 6 heteroatoms. The second kappa shape index (κ2) is 10.2. The first-order valence-electron chi connectivity index (χ1n) is 7.51. The van der Waals surface area contributed by atoms with Gasteiger partial charge in [-0.3, -0.25) is 4.99 Å². The monoisotopic (exact) mass is 435 g/mol. The predicted octanol–water partition coefficient (Wildman–Crippen LogP) is 3.45. The minimum Gasteiger partial charge on any atom is -0.469 e. The third-order valence-electron chi connectivity index (χ3n) is 3.53. The van der Waals surface area contributed by atoms with Crippen molar-refractivity contribution < 1.29 is 4.42 Å². The molecule has 124 valence electrons. The maximum atomic E-state index is 5.33. The average molecular weight is 435 g/mol. The molecule has 1 aliphatic rings. The van der Waals surface area contributed by atoms with Crippen LogP contribution in [0.25, 0.3) is 0 Å². The van der Waals surface area contributed by atoms with Crippen molar-refractivity contribution in [2.75, 3.05) is 25.4 Å². The highest BCUT2D eigenvalue weighted by Crippen LogP contribution is 2.37. The zero-order valence-corrected chi connectivity index (χ0v) is 16.3. The Morgan fingerprint density at radius 3 is 3.05 bits per heavy atom. The number of hydrogen-bond donors (Lipinski definition) is 2. The molecule has 0 spiro atoms. The van der Waals surface area contributed by atoms with Crippen molar-refractivity contribution in [1.82, 2.24) is 10.6 Å². The van der Waals surface area contributed by atoms with Crippen LogP contribution in [0, 0.1) is 0 Å². The molecule has 2 N–H and O–H groups in total. The fourth-order valence-electron chi connectivity index (χ4n) is 2.31. The van der Waals surface area contributed by atoms with E-state index < -0.39 is 0 Å². The molecule has 0 aromatic carbocycles. The molecule has 1 aromatic heterocycles. The first-order valence-corrected chi connectivity index (χ1v) is 8.50. The second-order valence-electron chi connectivity index (χ2n) is 5.49. The summed E-state index contributed by atoms with van der Waals surface area (Å²) in [5, 5.41) is 6.63. The molecular formula is C16H26IN3OS. The first-order chi connectivity index (χ1) is 10.2. The maximum Gasteiger partial charge on any atom is 0.191 e. The Morgan fingerprint density at radius 1 is 1.55 bits per heavy atom. The molecule has 0 bridgehead atoms. The number of aliphatic imine (C=N–C) groups is 1. The molecule has 0 saturated carbocycles. The fraction of sp³-hybridized carbons (Fsp3) is 0.562. The standard InChI is InChI=1S/C16H25N3OS.HI/c1-3-9-17-15(18-10-7-14-6-4-11-20-14)19-13-16(2)8-5-12-21-16;/h3-4,6,11H,1,5,7-10,12-13H2,2H3,(H2,17,18,19);1H. The predicted molar refractivity (Wildman–Crippen MR) is 106 cm³/mol. The van der Waals surface area contributed by atoms with E-state index in [4.69, 9.17) is 9.41 Å². The smallest absolute Gasteiger partial charge is 0.191 e. The number of nitrogens with one attached hydrogen (secondary N) is 2. The number of nitrogens with zero attached hydrogens (tertiary/aromatic N) is 1. The zero-order valence-electron chi connectivity index (χ0n) is 13.1. The van der Waals surface area contributed by atoms with Gasteiger partial charge in [0.25, 0.3) is 0 Å². The minimum absolute atomic E-state index is 0. The first kappa shape index (κ1) is 19.4. The quantitative estimate of drug-likeness (QED) is 0.298. The SMILES string of the molecule is C=CCNC(=NCC1(C)CCCS1)NCCc1ccco1.I. The topological polar surface area (TPSA) is 49.6 Å². The van der Waals surface area contributed by atoms with Crippen LogP contribution in [0.5, 0.6) is 0 Å². The molecule has 1 aliphatic heterocycles. The minimum atomic E-state index is 0. The van der Waals surface area contributed by atoms with E-state index in [0.717, 1.165) is 37.8 Å². The third-order valence-corrected chi connectivity index (χ3v) is 5.05. The number of rotatable bonds is 7.